The molecule has 2 heterocycles. The molecule has 0 N–H and O–H groups in total. The smallest absolute Gasteiger partial charge is 0.212 e. The van der Waals surface area contributed by atoms with Crippen LogP contribution in [0.5, 0.6) is 0 Å². The van der Waals surface area contributed by atoms with Crippen molar-refractivity contribution in [2.45, 2.75) is 11.8 Å². The molecule has 0 saturated carbocycles. The van der Waals surface area contributed by atoms with Crippen LogP contribution >= 0.6 is 0 Å². The zero-order valence-corrected chi connectivity index (χ0v) is 15.2. The lowest BCUT2D eigenvalue weighted by molar-refractivity contribution is 0.273. The van der Waals surface area contributed by atoms with Crippen molar-refractivity contribution < 1.29 is 16.8 Å². The first-order valence-electron chi connectivity index (χ1n) is 7.66. The molecule has 0 radical (unpaired) electrons. The van der Waals surface area contributed by atoms with Crippen LogP contribution in [-0.2, 0) is 20.0 Å². The average molecular weight is 386 g/mol. The molecule has 0 unspecified atom stereocenters. The Kier molecular flexibility index (Phi) is 4.86. The van der Waals surface area contributed by atoms with Gasteiger partial charge in [-0.1, -0.05) is 6.07 Å². The van der Waals surface area contributed by atoms with E-state index in [-0.39, 0.29) is 36.8 Å². The van der Waals surface area contributed by atoms with Gasteiger partial charge in [-0.05, 0) is 35.5 Å². The molecule has 10 nitrogen and oxygen atoms in total. The molecular weight excluding hydrogens is 368 g/mol. The summed E-state index contributed by atoms with van der Waals surface area (Å²) >= 11 is 0. The summed E-state index contributed by atoms with van der Waals surface area (Å²) in [4.78, 5) is 0.118. The summed E-state index contributed by atoms with van der Waals surface area (Å²) in [6.07, 6.45) is 1.38. The van der Waals surface area contributed by atoms with E-state index in [0.717, 1.165) is 0 Å². The number of nitrogens with zero attached hydrogens (tertiary/aromatic N) is 6. The minimum absolute atomic E-state index is 0.00768. The summed E-state index contributed by atoms with van der Waals surface area (Å²) in [7, 11) is -7.03. The zero-order valence-electron chi connectivity index (χ0n) is 13.6. The Morgan fingerprint density at radius 3 is 2.32 bits per heavy atom. The Bertz CT molecular complexity index is 935. The summed E-state index contributed by atoms with van der Waals surface area (Å²) in [5.41, 5.74) is 0.526. The van der Waals surface area contributed by atoms with Crippen molar-refractivity contribution in [3.63, 3.8) is 0 Å². The quantitative estimate of drug-likeness (QED) is 0.668. The number of hydrogen-bond acceptors (Lipinski definition) is 7. The Balaban J connectivity index is 1.80. The van der Waals surface area contributed by atoms with E-state index in [1.165, 1.54) is 31.8 Å². The maximum absolute atomic E-state index is 12.8. The first-order valence-corrected chi connectivity index (χ1v) is 10.7. The van der Waals surface area contributed by atoms with Gasteiger partial charge in [0, 0.05) is 26.2 Å². The minimum Gasteiger partial charge on any atom is -0.212 e. The van der Waals surface area contributed by atoms with Crippen molar-refractivity contribution in [3.05, 3.63) is 30.6 Å². The number of benzene rings is 1. The molecule has 0 bridgehead atoms. The van der Waals surface area contributed by atoms with E-state index in [2.05, 4.69) is 15.5 Å². The topological polar surface area (TPSA) is 118 Å². The lowest BCUT2D eigenvalue weighted by atomic mass is 10.3. The fourth-order valence-corrected chi connectivity index (χ4v) is 5.13. The molecule has 1 aliphatic heterocycles. The van der Waals surface area contributed by atoms with Crippen LogP contribution in [-0.4, -0.2) is 77.6 Å². The van der Waals surface area contributed by atoms with Gasteiger partial charge in [-0.2, -0.15) is 8.61 Å². The van der Waals surface area contributed by atoms with Crippen molar-refractivity contribution in [3.8, 4) is 5.69 Å². The molecule has 3 rings (SSSR count). The molecule has 0 aliphatic carbocycles. The van der Waals surface area contributed by atoms with Gasteiger partial charge >= 0.3 is 0 Å². The van der Waals surface area contributed by atoms with Gasteiger partial charge in [0.25, 0.3) is 0 Å². The number of tetrazole rings is 1. The summed E-state index contributed by atoms with van der Waals surface area (Å²) < 4.78 is 53.4. The monoisotopic (exact) mass is 386 g/mol. The molecule has 25 heavy (non-hydrogen) atoms. The molecule has 1 aromatic heterocycles. The van der Waals surface area contributed by atoms with Crippen LogP contribution < -0.4 is 0 Å². The highest BCUT2D eigenvalue weighted by molar-refractivity contribution is 7.89. The third-order valence-electron chi connectivity index (χ3n) is 4.02. The number of rotatable bonds is 5. The zero-order chi connectivity index (χ0) is 18.1. The normalized spacial score (nSPS) is 17.6. The van der Waals surface area contributed by atoms with Gasteiger partial charge in [0.15, 0.2) is 0 Å². The Hall–Kier alpha value is -1.89. The van der Waals surface area contributed by atoms with Crippen molar-refractivity contribution >= 4 is 20.0 Å². The Morgan fingerprint density at radius 1 is 1.04 bits per heavy atom. The molecule has 1 saturated heterocycles. The Morgan fingerprint density at radius 2 is 1.72 bits per heavy atom. The minimum atomic E-state index is -3.72. The fourth-order valence-electron chi connectivity index (χ4n) is 2.59. The first kappa shape index (κ1) is 17.9. The predicted octanol–water partition coefficient (Wildman–Crippen LogP) is -0.682. The summed E-state index contributed by atoms with van der Waals surface area (Å²) in [5, 5.41) is 10.8. The van der Waals surface area contributed by atoms with Crippen molar-refractivity contribution in [1.29, 1.82) is 0 Å². The summed E-state index contributed by atoms with van der Waals surface area (Å²) in [6, 6.07) is 6.29. The lowest BCUT2D eigenvalue weighted by Gasteiger charge is -2.33. The van der Waals surface area contributed by atoms with Gasteiger partial charge in [-0.3, -0.25) is 0 Å². The van der Waals surface area contributed by atoms with Crippen molar-refractivity contribution in [2.75, 3.05) is 31.9 Å². The maximum atomic E-state index is 12.8. The molecule has 12 heteroatoms. The molecule has 2 aromatic rings. The molecule has 1 fully saturated rings. The number of aromatic nitrogens is 4. The van der Waals surface area contributed by atoms with Crippen LogP contribution in [0, 0.1) is 0 Å². The third kappa shape index (κ3) is 3.56. The number of piperazine rings is 1. The SMILES string of the molecule is CCS(=O)(=O)N1CCN(S(=O)(=O)c2cccc(-n3cnnn3)c2)CC1. The average Bonchev–Trinajstić information content (AvgIpc) is 3.16. The lowest BCUT2D eigenvalue weighted by Crippen LogP contribution is -2.50. The summed E-state index contributed by atoms with van der Waals surface area (Å²) in [5.74, 6) is 0.00768. The van der Waals surface area contributed by atoms with E-state index < -0.39 is 20.0 Å². The molecule has 0 spiro atoms. The highest BCUT2D eigenvalue weighted by atomic mass is 32.2. The van der Waals surface area contributed by atoms with Crippen LogP contribution in [0.25, 0.3) is 5.69 Å². The van der Waals surface area contributed by atoms with Gasteiger partial charge in [-0.15, -0.1) is 5.10 Å². The highest BCUT2D eigenvalue weighted by Gasteiger charge is 2.32. The van der Waals surface area contributed by atoms with Crippen LogP contribution in [0.4, 0.5) is 0 Å². The van der Waals surface area contributed by atoms with Gasteiger partial charge in [-0.25, -0.2) is 21.5 Å². The van der Waals surface area contributed by atoms with Crippen molar-refractivity contribution in [1.82, 2.24) is 28.8 Å². The Labute approximate surface area is 146 Å². The predicted molar refractivity (Wildman–Crippen MR) is 88.9 cm³/mol. The van der Waals surface area contributed by atoms with E-state index >= 15 is 0 Å². The van der Waals surface area contributed by atoms with Crippen LogP contribution in [0.2, 0.25) is 0 Å². The van der Waals surface area contributed by atoms with Crippen LogP contribution in [0.1, 0.15) is 6.92 Å². The van der Waals surface area contributed by atoms with Gasteiger partial charge in [0.1, 0.15) is 6.33 Å². The standard InChI is InChI=1S/C13H18N6O4S2/c1-2-24(20,21)17-6-8-18(9-7-17)25(22,23)13-5-3-4-12(10-13)19-11-14-15-16-19/h3-5,10-11H,2,6-9H2,1H3. The van der Waals surface area contributed by atoms with Gasteiger partial charge < -0.3 is 0 Å². The van der Waals surface area contributed by atoms with E-state index in [4.69, 9.17) is 0 Å². The van der Waals surface area contributed by atoms with Crippen LogP contribution in [0.15, 0.2) is 35.5 Å². The highest BCUT2D eigenvalue weighted by Crippen LogP contribution is 2.21. The molecule has 1 aromatic carbocycles. The third-order valence-corrected chi connectivity index (χ3v) is 7.80. The van der Waals surface area contributed by atoms with E-state index in [1.807, 2.05) is 0 Å². The molecular formula is C13H18N6O4S2. The van der Waals surface area contributed by atoms with Gasteiger partial charge in [0.2, 0.25) is 20.0 Å². The molecule has 136 valence electrons. The molecule has 0 atom stereocenters. The fraction of sp³-hybridized carbons (Fsp3) is 0.462. The molecule has 1 aliphatic rings. The first-order chi connectivity index (χ1) is 11.8. The van der Waals surface area contributed by atoms with E-state index in [1.54, 1.807) is 19.1 Å². The maximum Gasteiger partial charge on any atom is 0.243 e. The molecule has 0 amide bonds. The number of hydrogen-bond donors (Lipinski definition) is 0. The second-order valence-corrected chi connectivity index (χ2v) is 9.65. The van der Waals surface area contributed by atoms with Crippen LogP contribution in [0.3, 0.4) is 0 Å². The van der Waals surface area contributed by atoms with E-state index in [9.17, 15) is 16.8 Å². The largest absolute Gasteiger partial charge is 0.243 e. The van der Waals surface area contributed by atoms with Crippen molar-refractivity contribution in [2.24, 2.45) is 0 Å². The van der Waals surface area contributed by atoms with E-state index in [0.29, 0.717) is 5.69 Å². The van der Waals surface area contributed by atoms with Gasteiger partial charge in [0.05, 0.1) is 16.3 Å². The number of sulfonamides is 2. The second-order valence-electron chi connectivity index (χ2n) is 5.46. The summed E-state index contributed by atoms with van der Waals surface area (Å²) in [6.45, 7) is 2.13. The second kappa shape index (κ2) is 6.78.